The van der Waals surface area contributed by atoms with Crippen LogP contribution in [0.2, 0.25) is 0 Å². The second kappa shape index (κ2) is 10.0. The first-order chi connectivity index (χ1) is 11.7. The van der Waals surface area contributed by atoms with Crippen LogP contribution in [0.4, 0.5) is 0 Å². The quantitative estimate of drug-likeness (QED) is 0.640. The van der Waals surface area contributed by atoms with Crippen molar-refractivity contribution in [3.63, 3.8) is 0 Å². The van der Waals surface area contributed by atoms with Gasteiger partial charge in [0.25, 0.3) is 0 Å². The van der Waals surface area contributed by atoms with Crippen LogP contribution < -0.4 is 24.8 Å². The molecule has 1 fully saturated rings. The largest absolute Gasteiger partial charge is 0.496 e. The van der Waals surface area contributed by atoms with Crippen molar-refractivity contribution in [2.24, 2.45) is 5.92 Å². The summed E-state index contributed by atoms with van der Waals surface area (Å²) in [5, 5.41) is 6.27. The molecular formula is C18H28N2O4. The molecule has 6 nitrogen and oxygen atoms in total. The van der Waals surface area contributed by atoms with Gasteiger partial charge >= 0.3 is 0 Å². The Balaban J connectivity index is 1.59. The molecule has 24 heavy (non-hydrogen) atoms. The molecule has 1 amide bonds. The van der Waals surface area contributed by atoms with E-state index in [1.54, 1.807) is 20.3 Å². The van der Waals surface area contributed by atoms with Crippen LogP contribution in [0.25, 0.3) is 0 Å². The first-order valence-electron chi connectivity index (χ1n) is 8.54. The summed E-state index contributed by atoms with van der Waals surface area (Å²) in [5.74, 6) is 2.87. The van der Waals surface area contributed by atoms with Gasteiger partial charge in [-0.25, -0.2) is 0 Å². The maximum atomic E-state index is 11.8. The maximum Gasteiger partial charge on any atom is 0.220 e. The SMILES string of the molecule is COc1cc(OC)cc(OCCCNC(=O)CCC2CCNC2)c1. The smallest absolute Gasteiger partial charge is 0.220 e. The number of hydrogen-bond acceptors (Lipinski definition) is 5. The third-order valence-corrected chi connectivity index (χ3v) is 4.18. The summed E-state index contributed by atoms with van der Waals surface area (Å²) in [5.41, 5.74) is 0. The molecule has 0 spiro atoms. The molecule has 1 heterocycles. The highest BCUT2D eigenvalue weighted by Crippen LogP contribution is 2.27. The number of ether oxygens (including phenoxy) is 3. The summed E-state index contributed by atoms with van der Waals surface area (Å²) in [6, 6.07) is 5.43. The zero-order valence-corrected chi connectivity index (χ0v) is 14.6. The molecule has 1 unspecified atom stereocenters. The summed E-state index contributed by atoms with van der Waals surface area (Å²) < 4.78 is 16.1. The van der Waals surface area contributed by atoms with Gasteiger partial charge in [0.15, 0.2) is 0 Å². The van der Waals surface area contributed by atoms with Crippen molar-refractivity contribution in [3.05, 3.63) is 18.2 Å². The van der Waals surface area contributed by atoms with Gasteiger partial charge in [0.05, 0.1) is 20.8 Å². The number of carbonyl (C=O) groups is 1. The second-order valence-corrected chi connectivity index (χ2v) is 6.00. The van der Waals surface area contributed by atoms with E-state index >= 15 is 0 Å². The van der Waals surface area contributed by atoms with E-state index in [9.17, 15) is 4.79 Å². The number of rotatable bonds is 10. The van der Waals surface area contributed by atoms with Crippen LogP contribution in [0.1, 0.15) is 25.7 Å². The van der Waals surface area contributed by atoms with Crippen LogP contribution in [-0.4, -0.2) is 46.4 Å². The normalized spacial score (nSPS) is 16.7. The minimum Gasteiger partial charge on any atom is -0.496 e. The lowest BCUT2D eigenvalue weighted by Crippen LogP contribution is -2.26. The van der Waals surface area contributed by atoms with E-state index in [2.05, 4.69) is 10.6 Å². The molecule has 1 atom stereocenters. The number of amides is 1. The molecule has 1 aliphatic heterocycles. The van der Waals surface area contributed by atoms with Crippen molar-refractivity contribution in [3.8, 4) is 17.2 Å². The van der Waals surface area contributed by atoms with Crippen LogP contribution in [0.15, 0.2) is 18.2 Å². The molecule has 1 aromatic rings. The average Bonchev–Trinajstić information content (AvgIpc) is 3.12. The van der Waals surface area contributed by atoms with Gasteiger partial charge in [-0.15, -0.1) is 0 Å². The van der Waals surface area contributed by atoms with Crippen LogP contribution in [0, 0.1) is 5.92 Å². The Kier molecular flexibility index (Phi) is 7.68. The second-order valence-electron chi connectivity index (χ2n) is 6.00. The average molecular weight is 336 g/mol. The van der Waals surface area contributed by atoms with Crippen LogP contribution in [0.3, 0.4) is 0 Å². The van der Waals surface area contributed by atoms with Gasteiger partial charge in [-0.2, -0.15) is 0 Å². The fraction of sp³-hybridized carbons (Fsp3) is 0.611. The minimum atomic E-state index is 0.130. The van der Waals surface area contributed by atoms with Crippen molar-refractivity contribution in [2.75, 3.05) is 40.5 Å². The van der Waals surface area contributed by atoms with Crippen LogP contribution >= 0.6 is 0 Å². The lowest BCUT2D eigenvalue weighted by atomic mass is 10.0. The molecule has 0 saturated carbocycles. The molecule has 2 N–H and O–H groups in total. The summed E-state index contributed by atoms with van der Waals surface area (Å²) in [7, 11) is 3.21. The molecule has 134 valence electrons. The van der Waals surface area contributed by atoms with Crippen molar-refractivity contribution >= 4 is 5.91 Å². The van der Waals surface area contributed by atoms with Crippen molar-refractivity contribution in [1.82, 2.24) is 10.6 Å². The standard InChI is InChI=1S/C18H28N2O4/c1-22-15-10-16(23-2)12-17(11-15)24-9-3-7-20-18(21)5-4-14-6-8-19-13-14/h10-12,14,19H,3-9,13H2,1-2H3,(H,20,21). The van der Waals surface area contributed by atoms with Crippen LogP contribution in [0.5, 0.6) is 17.2 Å². The Morgan fingerprint density at radius 1 is 1.21 bits per heavy atom. The van der Waals surface area contributed by atoms with Crippen LogP contribution in [-0.2, 0) is 4.79 Å². The molecule has 0 radical (unpaired) electrons. The van der Waals surface area contributed by atoms with Gasteiger partial charge in [-0.1, -0.05) is 0 Å². The third kappa shape index (κ3) is 6.28. The van der Waals surface area contributed by atoms with E-state index in [-0.39, 0.29) is 5.91 Å². The molecule has 0 aromatic heterocycles. The Bertz CT molecular complexity index is 493. The highest BCUT2D eigenvalue weighted by molar-refractivity contribution is 5.75. The Hall–Kier alpha value is -1.95. The van der Waals surface area contributed by atoms with Gasteiger partial charge in [0, 0.05) is 31.2 Å². The number of nitrogens with one attached hydrogen (secondary N) is 2. The summed E-state index contributed by atoms with van der Waals surface area (Å²) in [6.45, 7) is 3.29. The maximum absolute atomic E-state index is 11.8. The first kappa shape index (κ1) is 18.4. The number of benzene rings is 1. The molecule has 0 aliphatic carbocycles. The molecule has 2 rings (SSSR count). The molecule has 0 bridgehead atoms. The summed E-state index contributed by atoms with van der Waals surface area (Å²) in [6.07, 6.45) is 3.53. The highest BCUT2D eigenvalue weighted by Gasteiger charge is 2.15. The Morgan fingerprint density at radius 3 is 2.54 bits per heavy atom. The van der Waals surface area contributed by atoms with Gasteiger partial charge in [0.2, 0.25) is 5.91 Å². The van der Waals surface area contributed by atoms with Gasteiger partial charge in [0.1, 0.15) is 17.2 Å². The van der Waals surface area contributed by atoms with Crippen molar-refractivity contribution in [1.29, 1.82) is 0 Å². The zero-order valence-electron chi connectivity index (χ0n) is 14.6. The third-order valence-electron chi connectivity index (χ3n) is 4.18. The van der Waals surface area contributed by atoms with Crippen molar-refractivity contribution in [2.45, 2.75) is 25.7 Å². The van der Waals surface area contributed by atoms with Crippen molar-refractivity contribution < 1.29 is 19.0 Å². The summed E-state index contributed by atoms with van der Waals surface area (Å²) in [4.78, 5) is 11.8. The molecule has 1 saturated heterocycles. The molecule has 1 aromatic carbocycles. The van der Waals surface area contributed by atoms with Gasteiger partial charge in [-0.05, 0) is 38.3 Å². The number of carbonyl (C=O) groups excluding carboxylic acids is 1. The Labute approximate surface area is 143 Å². The number of hydrogen-bond donors (Lipinski definition) is 2. The fourth-order valence-corrected chi connectivity index (χ4v) is 2.74. The first-order valence-corrected chi connectivity index (χ1v) is 8.54. The lowest BCUT2D eigenvalue weighted by Gasteiger charge is -2.11. The fourth-order valence-electron chi connectivity index (χ4n) is 2.74. The van der Waals surface area contributed by atoms with E-state index in [1.165, 1.54) is 6.42 Å². The zero-order chi connectivity index (χ0) is 17.2. The van der Waals surface area contributed by atoms with E-state index in [1.807, 2.05) is 12.1 Å². The monoisotopic (exact) mass is 336 g/mol. The van der Waals surface area contributed by atoms with E-state index in [0.29, 0.717) is 42.7 Å². The molecule has 6 heteroatoms. The van der Waals surface area contributed by atoms with E-state index in [4.69, 9.17) is 14.2 Å². The van der Waals surface area contributed by atoms with E-state index in [0.717, 1.165) is 25.9 Å². The van der Waals surface area contributed by atoms with Gasteiger partial charge < -0.3 is 24.8 Å². The molecular weight excluding hydrogens is 308 g/mol. The number of methoxy groups -OCH3 is 2. The highest BCUT2D eigenvalue weighted by atomic mass is 16.5. The topological polar surface area (TPSA) is 68.8 Å². The Morgan fingerprint density at radius 2 is 1.92 bits per heavy atom. The lowest BCUT2D eigenvalue weighted by molar-refractivity contribution is -0.121. The predicted molar refractivity (Wildman–Crippen MR) is 92.9 cm³/mol. The van der Waals surface area contributed by atoms with Gasteiger partial charge in [-0.3, -0.25) is 4.79 Å². The minimum absolute atomic E-state index is 0.130. The molecule has 1 aliphatic rings. The van der Waals surface area contributed by atoms with E-state index < -0.39 is 0 Å². The summed E-state index contributed by atoms with van der Waals surface area (Å²) >= 11 is 0. The predicted octanol–water partition coefficient (Wildman–Crippen LogP) is 1.98.